The van der Waals surface area contributed by atoms with Crippen LogP contribution in [0.3, 0.4) is 0 Å². The molecule has 53 heavy (non-hydrogen) atoms. The summed E-state index contributed by atoms with van der Waals surface area (Å²) in [4.78, 5) is 26.1. The molecule has 3 aromatic rings. The van der Waals surface area contributed by atoms with Crippen LogP contribution >= 0.6 is 46.8 Å². The predicted molar refractivity (Wildman–Crippen MR) is 224 cm³/mol. The molecule has 0 radical (unpaired) electrons. The van der Waals surface area contributed by atoms with E-state index in [4.69, 9.17) is 50.0 Å². The van der Waals surface area contributed by atoms with E-state index in [0.29, 0.717) is 44.3 Å². The molecule has 0 fully saturated rings. The molecule has 0 unspecified atom stereocenters. The molecular weight excluding hydrogens is 777 g/mol. The van der Waals surface area contributed by atoms with Crippen LogP contribution in [0, 0.1) is 27.7 Å². The molecule has 0 saturated heterocycles. The first-order valence-corrected chi connectivity index (χ1v) is 21.3. The highest BCUT2D eigenvalue weighted by molar-refractivity contribution is 7.94. The Hall–Kier alpha value is -2.55. The van der Waals surface area contributed by atoms with Crippen LogP contribution in [0.4, 0.5) is 22.7 Å². The van der Waals surface area contributed by atoms with Crippen LogP contribution in [0.15, 0.2) is 40.2 Å². The maximum Gasteiger partial charge on any atom is 0.274 e. The number of carbonyl (C=O) groups is 1. The smallest absolute Gasteiger partial charge is 0.274 e. The van der Waals surface area contributed by atoms with Crippen LogP contribution in [0.2, 0.25) is 15.1 Å². The zero-order chi connectivity index (χ0) is 39.3. The van der Waals surface area contributed by atoms with E-state index in [2.05, 4.69) is 22.0 Å². The molecule has 3 aromatic carbocycles. The second-order valence-corrected chi connectivity index (χ2v) is 17.1. The highest BCUT2D eigenvalue weighted by Crippen LogP contribution is 2.39. The van der Waals surface area contributed by atoms with Crippen LogP contribution in [0.1, 0.15) is 98.9 Å². The van der Waals surface area contributed by atoms with Crippen molar-refractivity contribution in [1.29, 1.82) is 0 Å². The number of sulfonamides is 1. The van der Waals surface area contributed by atoms with Gasteiger partial charge in [-0.1, -0.05) is 99.5 Å². The van der Waals surface area contributed by atoms with Crippen molar-refractivity contribution in [2.45, 2.75) is 104 Å². The Kier molecular flexibility index (Phi) is 18.2. The molecule has 0 bridgehead atoms. The topological polar surface area (TPSA) is 135 Å². The predicted octanol–water partition coefficient (Wildman–Crippen LogP) is 11.2. The number of amides is 1. The summed E-state index contributed by atoms with van der Waals surface area (Å²) in [6, 6.07) is 8.50. The monoisotopic (exact) mass is 827 g/mol. The van der Waals surface area contributed by atoms with Gasteiger partial charge in [0.25, 0.3) is 5.91 Å². The summed E-state index contributed by atoms with van der Waals surface area (Å²) in [6.07, 6.45) is 11.0. The third-order valence-corrected chi connectivity index (χ3v) is 12.4. The first-order valence-electron chi connectivity index (χ1n) is 17.8. The lowest BCUT2D eigenvalue weighted by molar-refractivity contribution is -0.195. The van der Waals surface area contributed by atoms with Crippen LogP contribution in [0.25, 0.3) is 0 Å². The Bertz CT molecular complexity index is 1870. The van der Waals surface area contributed by atoms with Crippen LogP contribution in [-0.2, 0) is 24.1 Å². The molecule has 0 saturated carbocycles. The van der Waals surface area contributed by atoms with Crippen LogP contribution < -0.4 is 20.8 Å². The number of rotatable bonds is 21. The molecule has 0 aliphatic carbocycles. The minimum atomic E-state index is -3.69. The van der Waals surface area contributed by atoms with E-state index < -0.39 is 15.9 Å². The summed E-state index contributed by atoms with van der Waals surface area (Å²) in [5.74, 6) is 4.49. The Labute approximate surface area is 334 Å². The van der Waals surface area contributed by atoms with Crippen molar-refractivity contribution in [3.63, 3.8) is 0 Å². The van der Waals surface area contributed by atoms with E-state index in [1.165, 1.54) is 50.7 Å². The normalized spacial score (nSPS) is 11.9. The average molecular weight is 829 g/mol. The van der Waals surface area contributed by atoms with Gasteiger partial charge in [0.15, 0.2) is 0 Å². The van der Waals surface area contributed by atoms with Crippen molar-refractivity contribution < 1.29 is 22.5 Å². The fourth-order valence-electron chi connectivity index (χ4n) is 5.98. The van der Waals surface area contributed by atoms with Gasteiger partial charge in [-0.2, -0.15) is 5.90 Å². The Morgan fingerprint density at radius 3 is 2.02 bits per heavy atom. The zero-order valence-electron chi connectivity index (χ0n) is 31.6. The minimum Gasteiger partial charge on any atom is -0.378 e. The molecule has 0 aromatic heterocycles. The summed E-state index contributed by atoms with van der Waals surface area (Å²) >= 11 is 20.9. The fourth-order valence-corrected chi connectivity index (χ4v) is 8.46. The third-order valence-electron chi connectivity index (χ3n) is 8.96. The van der Waals surface area contributed by atoms with E-state index in [-0.39, 0.29) is 32.9 Å². The number of aryl methyl sites for hydroxylation is 1. The summed E-state index contributed by atoms with van der Waals surface area (Å²) in [5.41, 5.74) is 5.14. The molecule has 10 nitrogen and oxygen atoms in total. The van der Waals surface area contributed by atoms with Crippen molar-refractivity contribution in [2.75, 3.05) is 34.8 Å². The number of halogens is 3. The Balaban J connectivity index is 1.88. The third kappa shape index (κ3) is 13.0. The Morgan fingerprint density at radius 1 is 0.849 bits per heavy atom. The van der Waals surface area contributed by atoms with Gasteiger partial charge in [0, 0.05) is 35.3 Å². The van der Waals surface area contributed by atoms with Gasteiger partial charge in [-0.15, -0.1) is 9.32 Å². The first kappa shape index (κ1) is 44.8. The summed E-state index contributed by atoms with van der Waals surface area (Å²) in [6.45, 7) is 9.56. The van der Waals surface area contributed by atoms with E-state index >= 15 is 0 Å². The number of benzene rings is 3. The van der Waals surface area contributed by atoms with Gasteiger partial charge in [0.2, 0.25) is 10.0 Å². The first-order chi connectivity index (χ1) is 25.1. The average Bonchev–Trinajstić information content (AvgIpc) is 3.10. The maximum absolute atomic E-state index is 14.3. The van der Waals surface area contributed by atoms with Gasteiger partial charge < -0.3 is 10.2 Å². The summed E-state index contributed by atoms with van der Waals surface area (Å²) < 4.78 is 33.4. The second kappa shape index (κ2) is 21.5. The molecule has 0 heterocycles. The molecule has 3 rings (SSSR count). The van der Waals surface area contributed by atoms with Gasteiger partial charge in [0.1, 0.15) is 5.71 Å². The SMILES string of the molecule is CCCCCCCCCCCCS(=O)(=O)Nc1cc(Cl)c(NC(=O)C(=Nc2ccc(N(C)C)cc2C)c2c(C)c(Cl)c(C)c(SOON)c2C)cc1Cl. The maximum atomic E-state index is 14.3. The molecule has 0 atom stereocenters. The van der Waals surface area contributed by atoms with Gasteiger partial charge in [-0.25, -0.2) is 13.4 Å². The van der Waals surface area contributed by atoms with Gasteiger partial charge >= 0.3 is 0 Å². The number of anilines is 3. The fraction of sp³-hybridized carbons (Fsp3) is 0.474. The largest absolute Gasteiger partial charge is 0.378 e. The van der Waals surface area contributed by atoms with E-state index in [0.717, 1.165) is 42.6 Å². The summed E-state index contributed by atoms with van der Waals surface area (Å²) in [7, 11) is 0.190. The zero-order valence-corrected chi connectivity index (χ0v) is 35.5. The molecular formula is C38H52Cl3N5O5S2. The highest BCUT2D eigenvalue weighted by atomic mass is 35.5. The van der Waals surface area contributed by atoms with Gasteiger partial charge in [0.05, 0.1) is 44.9 Å². The summed E-state index contributed by atoms with van der Waals surface area (Å²) in [5, 5.41) is 3.38. The molecule has 0 aliphatic heterocycles. The molecule has 4 N–H and O–H groups in total. The number of unbranched alkanes of at least 4 members (excludes halogenated alkanes) is 9. The molecule has 292 valence electrons. The molecule has 15 heteroatoms. The van der Waals surface area contributed by atoms with Crippen molar-refractivity contribution in [1.82, 2.24) is 0 Å². The number of aliphatic imine (C=N–C) groups is 1. The van der Waals surface area contributed by atoms with Crippen LogP contribution in [0.5, 0.6) is 0 Å². The van der Waals surface area contributed by atoms with Crippen molar-refractivity contribution >= 4 is 91.2 Å². The molecule has 1 amide bonds. The van der Waals surface area contributed by atoms with E-state index in [1.807, 2.05) is 58.0 Å². The van der Waals surface area contributed by atoms with Crippen molar-refractivity contribution in [3.8, 4) is 0 Å². The number of nitrogens with zero attached hydrogens (tertiary/aromatic N) is 2. The number of nitrogens with one attached hydrogen (secondary N) is 2. The van der Waals surface area contributed by atoms with Crippen molar-refractivity contribution in [2.24, 2.45) is 10.9 Å². The number of hydrogen-bond donors (Lipinski definition) is 3. The minimum absolute atomic E-state index is 0.0365. The second-order valence-electron chi connectivity index (χ2n) is 13.3. The number of carbonyl (C=O) groups excluding carboxylic acids is 1. The van der Waals surface area contributed by atoms with Crippen LogP contribution in [-0.4, -0.2) is 39.9 Å². The van der Waals surface area contributed by atoms with Gasteiger partial charge in [-0.3, -0.25) is 9.52 Å². The molecule has 0 spiro atoms. The quantitative estimate of drug-likeness (QED) is 0.0317. The Morgan fingerprint density at radius 2 is 1.43 bits per heavy atom. The van der Waals surface area contributed by atoms with Crippen molar-refractivity contribution in [3.05, 3.63) is 73.2 Å². The lowest BCUT2D eigenvalue weighted by atomic mass is 9.94. The van der Waals surface area contributed by atoms with E-state index in [9.17, 15) is 13.2 Å². The number of hydrogen-bond acceptors (Lipinski definition) is 9. The lowest BCUT2D eigenvalue weighted by Crippen LogP contribution is -2.26. The van der Waals surface area contributed by atoms with Gasteiger partial charge in [-0.05, 0) is 86.7 Å². The standard InChI is InChI=1S/C38H52Cl3N5O5S2/c1-8-9-10-11-12-13-14-15-16-17-20-53(48,49)45-33-23-29(39)32(22-30(33)40)44-38(47)36(43-31-19-18-28(46(6)7)21-24(31)2)34-25(3)35(41)27(5)37(26(34)4)52-51-50-42/h18-19,21-23,45H,8-17,20,42H2,1-7H3,(H,44,47). The lowest BCUT2D eigenvalue weighted by Gasteiger charge is -2.20. The molecule has 0 aliphatic rings. The highest BCUT2D eigenvalue weighted by Gasteiger charge is 2.26. The van der Waals surface area contributed by atoms with E-state index in [1.54, 1.807) is 6.92 Å². The number of nitrogens with two attached hydrogens (primary N) is 1.